The molecule has 1 aliphatic rings. The Labute approximate surface area is 205 Å². The summed E-state index contributed by atoms with van der Waals surface area (Å²) in [5, 5.41) is 11.8. The molecule has 1 amide bonds. The topological polar surface area (TPSA) is 70.6 Å². The molecule has 4 rings (SSSR count). The van der Waals surface area contributed by atoms with E-state index in [2.05, 4.69) is 43.6 Å². The lowest BCUT2D eigenvalue weighted by molar-refractivity contribution is -0.123. The van der Waals surface area contributed by atoms with E-state index in [9.17, 15) is 18.0 Å². The number of halogens is 3. The highest BCUT2D eigenvalue weighted by Gasteiger charge is 2.28. The third kappa shape index (κ3) is 6.92. The van der Waals surface area contributed by atoms with Gasteiger partial charge >= 0.3 is 6.18 Å². The van der Waals surface area contributed by atoms with E-state index >= 15 is 0 Å². The Hall–Kier alpha value is -3.18. The number of anilines is 1. The van der Waals surface area contributed by atoms with Gasteiger partial charge in [0.1, 0.15) is 12.3 Å². The maximum Gasteiger partial charge on any atom is 0.405 e. The molecule has 0 spiro atoms. The van der Waals surface area contributed by atoms with E-state index in [0.717, 1.165) is 44.0 Å². The molecule has 1 N–H and O–H groups in total. The van der Waals surface area contributed by atoms with E-state index in [0.29, 0.717) is 12.4 Å². The van der Waals surface area contributed by atoms with Gasteiger partial charge in [0.05, 0.1) is 6.61 Å². The van der Waals surface area contributed by atoms with Crippen LogP contribution in [0.1, 0.15) is 22.3 Å². The number of nitrogens with zero attached hydrogens (tertiary/aromatic N) is 4. The second-order valence-electron chi connectivity index (χ2n) is 8.10. The van der Waals surface area contributed by atoms with Crippen LogP contribution in [-0.4, -0.2) is 66.5 Å². The van der Waals surface area contributed by atoms with Crippen molar-refractivity contribution in [2.75, 3.05) is 44.2 Å². The quantitative estimate of drug-likeness (QED) is 0.495. The van der Waals surface area contributed by atoms with Gasteiger partial charge in [0.25, 0.3) is 5.91 Å². The maximum atomic E-state index is 12.3. The minimum atomic E-state index is -4.47. The molecule has 0 saturated carbocycles. The van der Waals surface area contributed by atoms with Crippen LogP contribution in [0.4, 0.5) is 19.0 Å². The van der Waals surface area contributed by atoms with Gasteiger partial charge in [0.15, 0.2) is 11.5 Å². The van der Waals surface area contributed by atoms with Crippen LogP contribution < -0.4 is 15.0 Å². The number of amides is 1. The van der Waals surface area contributed by atoms with Crippen molar-refractivity contribution in [3.8, 4) is 16.9 Å². The number of aromatic nitrogens is 2. The van der Waals surface area contributed by atoms with Crippen LogP contribution in [0.5, 0.6) is 5.75 Å². The number of nitrogens with one attached hydrogen (secondary N) is 1. The number of thiophene rings is 1. The fraction of sp³-hybridized carbons (Fsp3) is 0.375. The number of hydrogen-bond acceptors (Lipinski definition) is 7. The first-order valence-corrected chi connectivity index (χ1v) is 12.2. The van der Waals surface area contributed by atoms with Gasteiger partial charge in [0.2, 0.25) is 0 Å². The summed E-state index contributed by atoms with van der Waals surface area (Å²) in [7, 11) is 0. The van der Waals surface area contributed by atoms with Gasteiger partial charge in [-0.05, 0) is 53.8 Å². The Bertz CT molecular complexity index is 1130. The van der Waals surface area contributed by atoms with Crippen LogP contribution in [0.15, 0.2) is 47.8 Å². The summed E-state index contributed by atoms with van der Waals surface area (Å²) >= 11 is 1.74. The minimum absolute atomic E-state index is 0.142. The smallest absolute Gasteiger partial charge is 0.405 e. The number of rotatable bonds is 8. The molecule has 1 aliphatic heterocycles. The summed E-state index contributed by atoms with van der Waals surface area (Å²) in [6.07, 6.45) is -4.47. The molecule has 1 fully saturated rings. The van der Waals surface area contributed by atoms with E-state index in [-0.39, 0.29) is 5.69 Å². The van der Waals surface area contributed by atoms with E-state index in [1.807, 2.05) is 19.1 Å². The van der Waals surface area contributed by atoms with Crippen molar-refractivity contribution in [1.29, 1.82) is 0 Å². The Morgan fingerprint density at radius 3 is 2.57 bits per heavy atom. The molecule has 1 aromatic carbocycles. The fourth-order valence-electron chi connectivity index (χ4n) is 3.79. The van der Waals surface area contributed by atoms with Crippen LogP contribution in [0.2, 0.25) is 0 Å². The number of carbonyl (C=O) groups is 1. The van der Waals surface area contributed by atoms with Crippen LogP contribution in [0.3, 0.4) is 0 Å². The van der Waals surface area contributed by atoms with Crippen LogP contribution in [-0.2, 0) is 6.54 Å². The molecule has 1 saturated heterocycles. The monoisotopic (exact) mass is 505 g/mol. The lowest BCUT2D eigenvalue weighted by atomic mass is 10.1. The SMILES string of the molecule is CCOc1cccc(-c2csc(CN3CCN(c4ccc(C(=O)NCC(F)(F)F)nn4)CC3)c2)c1. The normalized spacial score (nSPS) is 14.7. The largest absolute Gasteiger partial charge is 0.494 e. The second kappa shape index (κ2) is 11.0. The number of carbonyl (C=O) groups excluding carboxylic acids is 1. The van der Waals surface area contributed by atoms with Crippen molar-refractivity contribution < 1.29 is 22.7 Å². The van der Waals surface area contributed by atoms with Crippen molar-refractivity contribution in [2.45, 2.75) is 19.6 Å². The maximum absolute atomic E-state index is 12.3. The summed E-state index contributed by atoms with van der Waals surface area (Å²) in [6.45, 7) is 5.21. The van der Waals surface area contributed by atoms with Crippen molar-refractivity contribution in [3.63, 3.8) is 0 Å². The number of ether oxygens (including phenoxy) is 1. The molecule has 11 heteroatoms. The highest BCUT2D eigenvalue weighted by atomic mass is 32.1. The Balaban J connectivity index is 1.28. The standard InChI is InChI=1S/C24H26F3N5O2S/c1-2-34-19-5-3-4-17(12-19)18-13-20(35-15-18)14-31-8-10-32(11-9-31)22-7-6-21(29-30-22)23(33)28-16-24(25,26)27/h3-7,12-13,15H,2,8-11,14,16H2,1H3,(H,28,33). The Morgan fingerprint density at radius 2 is 1.89 bits per heavy atom. The van der Waals surface area contributed by atoms with E-state index in [1.54, 1.807) is 22.7 Å². The van der Waals surface area contributed by atoms with Gasteiger partial charge in [-0.2, -0.15) is 13.2 Å². The zero-order chi connectivity index (χ0) is 24.8. The van der Waals surface area contributed by atoms with Crippen molar-refractivity contribution in [3.05, 3.63) is 58.4 Å². The minimum Gasteiger partial charge on any atom is -0.494 e. The highest BCUT2D eigenvalue weighted by molar-refractivity contribution is 7.10. The number of benzene rings is 1. The zero-order valence-corrected chi connectivity index (χ0v) is 20.0. The van der Waals surface area contributed by atoms with E-state index < -0.39 is 18.6 Å². The summed E-state index contributed by atoms with van der Waals surface area (Å²) in [4.78, 5) is 17.5. The predicted octanol–water partition coefficient (Wildman–Crippen LogP) is 4.22. The zero-order valence-electron chi connectivity index (χ0n) is 19.2. The molecule has 3 aromatic rings. The molecule has 3 heterocycles. The summed E-state index contributed by atoms with van der Waals surface area (Å²) in [6, 6.07) is 13.3. The lowest BCUT2D eigenvalue weighted by Crippen LogP contribution is -2.46. The number of hydrogen-bond donors (Lipinski definition) is 1. The van der Waals surface area contributed by atoms with Gasteiger partial charge in [-0.15, -0.1) is 21.5 Å². The first kappa shape index (κ1) is 24.9. The lowest BCUT2D eigenvalue weighted by Gasteiger charge is -2.34. The fourth-order valence-corrected chi connectivity index (χ4v) is 4.72. The molecular weight excluding hydrogens is 479 g/mol. The Morgan fingerprint density at radius 1 is 1.09 bits per heavy atom. The molecule has 2 aromatic heterocycles. The van der Waals surface area contributed by atoms with Crippen LogP contribution in [0, 0.1) is 0 Å². The van der Waals surface area contributed by atoms with Gasteiger partial charge in [-0.25, -0.2) is 0 Å². The molecule has 0 bridgehead atoms. The highest BCUT2D eigenvalue weighted by Crippen LogP contribution is 2.29. The molecule has 7 nitrogen and oxygen atoms in total. The molecule has 0 radical (unpaired) electrons. The first-order chi connectivity index (χ1) is 16.8. The molecule has 186 valence electrons. The second-order valence-corrected chi connectivity index (χ2v) is 9.10. The Kier molecular flexibility index (Phi) is 7.86. The van der Waals surface area contributed by atoms with E-state index in [1.165, 1.54) is 16.5 Å². The third-order valence-electron chi connectivity index (χ3n) is 5.54. The summed E-state index contributed by atoms with van der Waals surface area (Å²) in [5.41, 5.74) is 2.18. The first-order valence-electron chi connectivity index (χ1n) is 11.3. The van der Waals surface area contributed by atoms with Crippen molar-refractivity contribution >= 4 is 23.1 Å². The summed E-state index contributed by atoms with van der Waals surface area (Å²) in [5.74, 6) is 0.572. The van der Waals surface area contributed by atoms with Crippen molar-refractivity contribution in [2.24, 2.45) is 0 Å². The van der Waals surface area contributed by atoms with Crippen LogP contribution in [0.25, 0.3) is 11.1 Å². The van der Waals surface area contributed by atoms with E-state index in [4.69, 9.17) is 4.74 Å². The molecular formula is C24H26F3N5O2S. The van der Waals surface area contributed by atoms with Gasteiger partial charge < -0.3 is 15.0 Å². The molecule has 0 atom stereocenters. The predicted molar refractivity (Wildman–Crippen MR) is 129 cm³/mol. The molecule has 35 heavy (non-hydrogen) atoms. The average Bonchev–Trinajstić information content (AvgIpc) is 3.32. The van der Waals surface area contributed by atoms with Gasteiger partial charge in [-0.1, -0.05) is 12.1 Å². The number of piperazine rings is 1. The van der Waals surface area contributed by atoms with Gasteiger partial charge in [-0.3, -0.25) is 9.69 Å². The van der Waals surface area contributed by atoms with Crippen LogP contribution >= 0.6 is 11.3 Å². The summed E-state index contributed by atoms with van der Waals surface area (Å²) < 4.78 is 42.4. The average molecular weight is 506 g/mol. The number of alkyl halides is 3. The molecule has 0 unspecified atom stereocenters. The molecule has 0 aliphatic carbocycles. The van der Waals surface area contributed by atoms with Crippen molar-refractivity contribution in [1.82, 2.24) is 20.4 Å². The third-order valence-corrected chi connectivity index (χ3v) is 6.46. The van der Waals surface area contributed by atoms with Gasteiger partial charge in [0, 0.05) is 37.6 Å².